The molecule has 2 aromatic carbocycles. The molecule has 1 heterocycles. The number of nitrogens with zero attached hydrogens (tertiary/aromatic N) is 1. The number of benzene rings is 2. The molecular weight excluding hydrogens is 378 g/mol. The van der Waals surface area contributed by atoms with Crippen LogP contribution in [0.5, 0.6) is 0 Å². The molecule has 0 aromatic heterocycles. The third-order valence-electron chi connectivity index (χ3n) is 5.89. The summed E-state index contributed by atoms with van der Waals surface area (Å²) >= 11 is 0. The molecule has 1 amide bonds. The maximum Gasteiger partial charge on any atom is 0.223 e. The number of likely N-dealkylation sites (tertiary alicyclic amines) is 1. The van der Waals surface area contributed by atoms with Crippen LogP contribution in [0.4, 0.5) is 0 Å². The molecule has 162 valence electrons. The molecule has 31 heavy (non-hydrogen) atoms. The highest BCUT2D eigenvalue weighted by Gasteiger charge is 2.28. The summed E-state index contributed by atoms with van der Waals surface area (Å²) in [5.41, 5.74) is 3.40. The second kappa shape index (κ2) is 12.8. The fourth-order valence-corrected chi connectivity index (χ4v) is 4.11. The molecule has 0 spiro atoms. The van der Waals surface area contributed by atoms with Crippen molar-refractivity contribution in [2.75, 3.05) is 6.54 Å². The average Bonchev–Trinajstić information content (AvgIpc) is 3.15. The maximum atomic E-state index is 12.2. The van der Waals surface area contributed by atoms with Crippen LogP contribution in [0, 0.1) is 11.8 Å². The van der Waals surface area contributed by atoms with Gasteiger partial charge in [0.15, 0.2) is 0 Å². The summed E-state index contributed by atoms with van der Waals surface area (Å²) in [5.74, 6) is 6.82. The van der Waals surface area contributed by atoms with Gasteiger partial charge in [0.05, 0.1) is 6.04 Å². The molecular formula is C29H35NO. The summed E-state index contributed by atoms with van der Waals surface area (Å²) in [6, 6.07) is 18.9. The van der Waals surface area contributed by atoms with Crippen LogP contribution in [0.3, 0.4) is 0 Å². The van der Waals surface area contributed by atoms with E-state index in [-0.39, 0.29) is 0 Å². The molecule has 2 nitrogen and oxygen atoms in total. The fraction of sp³-hybridized carbons (Fsp3) is 0.414. The van der Waals surface area contributed by atoms with Gasteiger partial charge in [-0.1, -0.05) is 86.9 Å². The molecule has 1 unspecified atom stereocenters. The van der Waals surface area contributed by atoms with Crippen LogP contribution in [-0.4, -0.2) is 23.4 Å². The van der Waals surface area contributed by atoms with Crippen LogP contribution in [0.2, 0.25) is 0 Å². The standard InChI is InChI=1S/C29H35NO/c1-2-3-4-5-11-23-30-28(21-22-29(30)31)18-10-9-15-26-16-12-17-27(24-26)20-19-25-13-7-6-8-14-25/h6-8,10,12-14,16-18,24,28H,2-5,9,11,15,21-23H2,1H3/b18-10+. The maximum absolute atomic E-state index is 12.2. The van der Waals surface area contributed by atoms with Crippen molar-refractivity contribution in [2.45, 2.75) is 70.8 Å². The lowest BCUT2D eigenvalue weighted by atomic mass is 10.1. The molecule has 1 saturated heterocycles. The van der Waals surface area contributed by atoms with Gasteiger partial charge in [0.1, 0.15) is 0 Å². The minimum absolute atomic E-state index is 0.293. The smallest absolute Gasteiger partial charge is 0.223 e. The lowest BCUT2D eigenvalue weighted by molar-refractivity contribution is -0.128. The van der Waals surface area contributed by atoms with Crippen LogP contribution >= 0.6 is 0 Å². The zero-order chi connectivity index (χ0) is 21.7. The Morgan fingerprint density at radius 3 is 2.58 bits per heavy atom. The number of rotatable bonds is 10. The highest BCUT2D eigenvalue weighted by atomic mass is 16.2. The third kappa shape index (κ3) is 7.76. The Hall–Kier alpha value is -2.79. The molecule has 0 N–H and O–H groups in total. The fourth-order valence-electron chi connectivity index (χ4n) is 4.11. The van der Waals surface area contributed by atoms with Gasteiger partial charge in [-0.15, -0.1) is 0 Å². The van der Waals surface area contributed by atoms with Crippen molar-refractivity contribution in [1.82, 2.24) is 4.90 Å². The number of amides is 1. The minimum atomic E-state index is 0.293. The topological polar surface area (TPSA) is 20.3 Å². The van der Waals surface area contributed by atoms with Gasteiger partial charge in [0, 0.05) is 24.1 Å². The Balaban J connectivity index is 1.47. The van der Waals surface area contributed by atoms with E-state index in [4.69, 9.17) is 0 Å². The Bertz CT molecular complexity index is 903. The predicted molar refractivity (Wildman–Crippen MR) is 130 cm³/mol. The molecule has 2 aromatic rings. The second-order valence-corrected chi connectivity index (χ2v) is 8.39. The number of unbranched alkanes of at least 4 members (excludes halogenated alkanes) is 4. The molecule has 0 radical (unpaired) electrons. The monoisotopic (exact) mass is 413 g/mol. The highest BCUT2D eigenvalue weighted by molar-refractivity contribution is 5.79. The molecule has 1 aliphatic heterocycles. The quantitative estimate of drug-likeness (QED) is 0.246. The molecule has 3 rings (SSSR count). The molecule has 0 bridgehead atoms. The van der Waals surface area contributed by atoms with Crippen molar-refractivity contribution in [2.24, 2.45) is 0 Å². The van der Waals surface area contributed by atoms with Gasteiger partial charge < -0.3 is 4.90 Å². The molecule has 1 aliphatic rings. The van der Waals surface area contributed by atoms with E-state index in [1.165, 1.54) is 31.2 Å². The van der Waals surface area contributed by atoms with Gasteiger partial charge in [0.2, 0.25) is 5.91 Å². The Kier molecular flexibility index (Phi) is 9.45. The van der Waals surface area contributed by atoms with E-state index < -0.39 is 0 Å². The van der Waals surface area contributed by atoms with Crippen LogP contribution in [-0.2, 0) is 11.2 Å². The van der Waals surface area contributed by atoms with E-state index in [2.05, 4.69) is 60.1 Å². The molecule has 2 heteroatoms. The second-order valence-electron chi connectivity index (χ2n) is 8.39. The summed E-state index contributed by atoms with van der Waals surface area (Å²) in [5, 5.41) is 0. The lowest BCUT2D eigenvalue weighted by Gasteiger charge is -2.22. The summed E-state index contributed by atoms with van der Waals surface area (Å²) in [6.07, 6.45) is 14.4. The Labute approximate surface area is 188 Å². The third-order valence-corrected chi connectivity index (χ3v) is 5.89. The summed E-state index contributed by atoms with van der Waals surface area (Å²) in [4.78, 5) is 14.3. The number of carbonyl (C=O) groups excluding carboxylic acids is 1. The zero-order valence-electron chi connectivity index (χ0n) is 18.9. The van der Waals surface area contributed by atoms with Gasteiger partial charge in [-0.2, -0.15) is 0 Å². The molecule has 0 saturated carbocycles. The summed E-state index contributed by atoms with van der Waals surface area (Å²) < 4.78 is 0. The highest BCUT2D eigenvalue weighted by Crippen LogP contribution is 2.21. The first-order valence-corrected chi connectivity index (χ1v) is 11.9. The van der Waals surface area contributed by atoms with E-state index >= 15 is 0 Å². The summed E-state index contributed by atoms with van der Waals surface area (Å²) in [6.45, 7) is 3.15. The van der Waals surface area contributed by atoms with Crippen LogP contribution < -0.4 is 0 Å². The van der Waals surface area contributed by atoms with E-state index in [1.54, 1.807) is 0 Å². The van der Waals surface area contributed by atoms with E-state index in [1.807, 2.05) is 30.3 Å². The predicted octanol–water partition coefficient (Wildman–Crippen LogP) is 6.54. The molecule has 0 aliphatic carbocycles. The lowest BCUT2D eigenvalue weighted by Crippen LogP contribution is -2.32. The Morgan fingerprint density at radius 2 is 1.74 bits per heavy atom. The average molecular weight is 414 g/mol. The largest absolute Gasteiger partial charge is 0.336 e. The van der Waals surface area contributed by atoms with Gasteiger partial charge in [0.25, 0.3) is 0 Å². The summed E-state index contributed by atoms with van der Waals surface area (Å²) in [7, 11) is 0. The zero-order valence-corrected chi connectivity index (χ0v) is 18.9. The van der Waals surface area contributed by atoms with Crippen molar-refractivity contribution >= 4 is 5.91 Å². The van der Waals surface area contributed by atoms with Crippen molar-refractivity contribution in [1.29, 1.82) is 0 Å². The first-order chi connectivity index (χ1) is 15.3. The minimum Gasteiger partial charge on any atom is -0.336 e. The van der Waals surface area contributed by atoms with E-state index in [0.29, 0.717) is 18.4 Å². The van der Waals surface area contributed by atoms with Crippen molar-refractivity contribution < 1.29 is 4.79 Å². The SMILES string of the molecule is CCCCCCCN1C(=O)CCC1/C=C/CCc1cccc(C#Cc2ccccc2)c1. The number of hydrogen-bond acceptors (Lipinski definition) is 1. The van der Waals surface area contributed by atoms with Crippen molar-refractivity contribution in [3.8, 4) is 11.8 Å². The number of hydrogen-bond donors (Lipinski definition) is 0. The molecule has 1 atom stereocenters. The Morgan fingerprint density at radius 1 is 0.968 bits per heavy atom. The van der Waals surface area contributed by atoms with E-state index in [9.17, 15) is 4.79 Å². The van der Waals surface area contributed by atoms with Gasteiger partial charge >= 0.3 is 0 Å². The number of carbonyl (C=O) groups is 1. The molecule has 1 fully saturated rings. The van der Waals surface area contributed by atoms with Gasteiger partial charge in [-0.25, -0.2) is 0 Å². The number of aryl methyl sites for hydroxylation is 1. The van der Waals surface area contributed by atoms with E-state index in [0.717, 1.165) is 43.4 Å². The van der Waals surface area contributed by atoms with Crippen LogP contribution in [0.15, 0.2) is 66.7 Å². The van der Waals surface area contributed by atoms with Crippen LogP contribution in [0.1, 0.15) is 75.0 Å². The van der Waals surface area contributed by atoms with Gasteiger partial charge in [-0.05, 0) is 55.5 Å². The van der Waals surface area contributed by atoms with Gasteiger partial charge in [-0.3, -0.25) is 4.79 Å². The number of allylic oxidation sites excluding steroid dienone is 1. The van der Waals surface area contributed by atoms with Crippen LogP contribution in [0.25, 0.3) is 0 Å². The first-order valence-electron chi connectivity index (χ1n) is 11.9. The normalized spacial score (nSPS) is 16.0. The van der Waals surface area contributed by atoms with Crippen molar-refractivity contribution in [3.05, 3.63) is 83.4 Å². The first kappa shape index (κ1) is 22.9. The van der Waals surface area contributed by atoms with Crippen molar-refractivity contribution in [3.63, 3.8) is 0 Å².